The number of ether oxygens (including phenoxy) is 2. The Hall–Kier alpha value is -2.41. The summed E-state index contributed by atoms with van der Waals surface area (Å²) < 4.78 is 9.81. The lowest BCUT2D eigenvalue weighted by atomic mass is 10.1. The number of hydrogen-bond donors (Lipinski definition) is 1. The molecule has 22 heavy (non-hydrogen) atoms. The highest BCUT2D eigenvalue weighted by atomic mass is 35.5. The van der Waals surface area contributed by atoms with Crippen molar-refractivity contribution in [3.8, 4) is 11.3 Å². The van der Waals surface area contributed by atoms with Crippen LogP contribution in [-0.4, -0.2) is 40.6 Å². The van der Waals surface area contributed by atoms with Crippen LogP contribution in [0.5, 0.6) is 0 Å². The largest absolute Gasteiger partial charge is 0.462 e. The van der Waals surface area contributed by atoms with Crippen molar-refractivity contribution >= 4 is 23.5 Å². The second kappa shape index (κ2) is 7.04. The summed E-state index contributed by atoms with van der Waals surface area (Å²) in [7, 11) is 0. The molecule has 1 aromatic heterocycles. The van der Waals surface area contributed by atoms with Gasteiger partial charge in [0.25, 0.3) is 0 Å². The molecule has 8 heteroatoms. The fourth-order valence-corrected chi connectivity index (χ4v) is 2.07. The van der Waals surface area contributed by atoms with Gasteiger partial charge in [0.1, 0.15) is 5.69 Å². The molecule has 0 radical (unpaired) electrons. The van der Waals surface area contributed by atoms with Gasteiger partial charge in [-0.15, -0.1) is 5.10 Å². The fourth-order valence-electron chi connectivity index (χ4n) is 1.81. The normalized spacial score (nSPS) is 10.3. The highest BCUT2D eigenvalue weighted by molar-refractivity contribution is 6.33. The second-order valence-electron chi connectivity index (χ2n) is 4.16. The number of halogens is 1. The lowest BCUT2D eigenvalue weighted by molar-refractivity contribution is 0.0513. The summed E-state index contributed by atoms with van der Waals surface area (Å²) in [6.07, 6.45) is 0. The summed E-state index contributed by atoms with van der Waals surface area (Å²) in [5, 5.41) is 10.3. The van der Waals surface area contributed by atoms with Crippen LogP contribution in [0.3, 0.4) is 0 Å². The highest BCUT2D eigenvalue weighted by Gasteiger charge is 2.20. The van der Waals surface area contributed by atoms with Gasteiger partial charge in [0, 0.05) is 5.56 Å². The predicted octanol–water partition coefficient (Wildman–Crippen LogP) is 2.48. The molecule has 0 aliphatic carbocycles. The van der Waals surface area contributed by atoms with Crippen molar-refractivity contribution in [1.82, 2.24) is 15.4 Å². The van der Waals surface area contributed by atoms with Crippen LogP contribution in [0, 0.1) is 0 Å². The number of rotatable bonds is 5. The number of benzene rings is 1. The second-order valence-corrected chi connectivity index (χ2v) is 4.56. The minimum absolute atomic E-state index is 0.0572. The Balaban J connectivity index is 2.35. The number of nitrogens with one attached hydrogen (secondary N) is 1. The van der Waals surface area contributed by atoms with Gasteiger partial charge in [-0.3, -0.25) is 0 Å². The van der Waals surface area contributed by atoms with Crippen LogP contribution in [-0.2, 0) is 9.47 Å². The lowest BCUT2D eigenvalue weighted by Gasteiger charge is -2.06. The molecule has 2 rings (SSSR count). The molecule has 1 N–H and O–H groups in total. The van der Waals surface area contributed by atoms with Gasteiger partial charge in [-0.05, 0) is 26.0 Å². The van der Waals surface area contributed by atoms with Crippen molar-refractivity contribution in [3.63, 3.8) is 0 Å². The van der Waals surface area contributed by atoms with Gasteiger partial charge in [-0.1, -0.05) is 17.7 Å². The summed E-state index contributed by atoms with van der Waals surface area (Å²) in [5.74, 6) is -1.10. The molecule has 1 aromatic carbocycles. The molecule has 0 unspecified atom stereocenters. The molecule has 2 aromatic rings. The van der Waals surface area contributed by atoms with Crippen molar-refractivity contribution in [1.29, 1.82) is 0 Å². The third-order valence-corrected chi connectivity index (χ3v) is 3.07. The zero-order valence-corrected chi connectivity index (χ0v) is 12.8. The molecule has 0 saturated heterocycles. The smallest absolute Gasteiger partial charge is 0.361 e. The molecular formula is C14H14ClN3O4. The number of nitrogens with zero attached hydrogens (tertiary/aromatic N) is 2. The number of carbonyl (C=O) groups excluding carboxylic acids is 2. The molecule has 0 bridgehead atoms. The Kier molecular flexibility index (Phi) is 5.11. The SMILES string of the molecule is CCOC(=O)c1ccc(-c2n[nH]nc2C(=O)OCC)cc1Cl. The van der Waals surface area contributed by atoms with Crippen molar-refractivity contribution in [2.75, 3.05) is 13.2 Å². The van der Waals surface area contributed by atoms with E-state index in [1.165, 1.54) is 12.1 Å². The number of H-pyrrole nitrogens is 1. The molecule has 0 amide bonds. The minimum atomic E-state index is -0.586. The summed E-state index contributed by atoms with van der Waals surface area (Å²) in [6.45, 7) is 3.89. The molecule has 0 aliphatic rings. The number of hydrogen-bond acceptors (Lipinski definition) is 6. The maximum Gasteiger partial charge on any atom is 0.361 e. The molecule has 0 saturated carbocycles. The minimum Gasteiger partial charge on any atom is -0.462 e. The van der Waals surface area contributed by atoms with Crippen LogP contribution >= 0.6 is 11.6 Å². The van der Waals surface area contributed by atoms with Gasteiger partial charge in [-0.2, -0.15) is 10.3 Å². The van der Waals surface area contributed by atoms with Crippen molar-refractivity contribution < 1.29 is 19.1 Å². The Bertz CT molecular complexity index is 699. The first kappa shape index (κ1) is 16.0. The van der Waals surface area contributed by atoms with Gasteiger partial charge < -0.3 is 9.47 Å². The molecule has 0 aliphatic heterocycles. The first-order chi connectivity index (χ1) is 10.6. The Morgan fingerprint density at radius 1 is 1.14 bits per heavy atom. The maximum atomic E-state index is 11.8. The van der Waals surface area contributed by atoms with E-state index in [9.17, 15) is 9.59 Å². The van der Waals surface area contributed by atoms with Gasteiger partial charge in [0.15, 0.2) is 5.69 Å². The van der Waals surface area contributed by atoms with E-state index in [-0.39, 0.29) is 29.5 Å². The molecular weight excluding hydrogens is 310 g/mol. The maximum absolute atomic E-state index is 11.8. The van der Waals surface area contributed by atoms with Crippen LogP contribution in [0.15, 0.2) is 18.2 Å². The van der Waals surface area contributed by atoms with Gasteiger partial charge in [0.2, 0.25) is 0 Å². The van der Waals surface area contributed by atoms with E-state index in [0.717, 1.165) is 0 Å². The quantitative estimate of drug-likeness (QED) is 0.849. The molecule has 1 heterocycles. The van der Waals surface area contributed by atoms with E-state index in [1.54, 1.807) is 19.9 Å². The topological polar surface area (TPSA) is 94.2 Å². The predicted molar refractivity (Wildman–Crippen MR) is 78.7 cm³/mol. The van der Waals surface area contributed by atoms with Crippen molar-refractivity contribution in [2.45, 2.75) is 13.8 Å². The number of esters is 2. The Morgan fingerprint density at radius 3 is 2.45 bits per heavy atom. The van der Waals surface area contributed by atoms with Crippen LogP contribution < -0.4 is 0 Å². The summed E-state index contributed by atoms with van der Waals surface area (Å²) in [6, 6.07) is 4.65. The number of aromatic nitrogens is 3. The van der Waals surface area contributed by atoms with E-state index in [4.69, 9.17) is 21.1 Å². The average molecular weight is 324 g/mol. The van der Waals surface area contributed by atoms with Crippen molar-refractivity contribution in [2.24, 2.45) is 0 Å². The summed E-state index contributed by atoms with van der Waals surface area (Å²) in [4.78, 5) is 23.5. The van der Waals surface area contributed by atoms with Gasteiger partial charge >= 0.3 is 11.9 Å². The summed E-state index contributed by atoms with van der Waals surface area (Å²) >= 11 is 6.09. The number of carbonyl (C=O) groups is 2. The third-order valence-electron chi connectivity index (χ3n) is 2.75. The summed E-state index contributed by atoms with van der Waals surface area (Å²) in [5.41, 5.74) is 1.14. The Labute approximate surface area is 131 Å². The van der Waals surface area contributed by atoms with Crippen molar-refractivity contribution in [3.05, 3.63) is 34.5 Å². The van der Waals surface area contributed by atoms with Crippen LogP contribution in [0.2, 0.25) is 5.02 Å². The number of aromatic amines is 1. The first-order valence-corrected chi connectivity index (χ1v) is 7.01. The van der Waals surface area contributed by atoms with Crippen LogP contribution in [0.4, 0.5) is 0 Å². The zero-order valence-electron chi connectivity index (χ0n) is 12.1. The Morgan fingerprint density at radius 2 is 1.82 bits per heavy atom. The van der Waals surface area contributed by atoms with E-state index in [2.05, 4.69) is 15.4 Å². The monoisotopic (exact) mass is 323 g/mol. The van der Waals surface area contributed by atoms with E-state index < -0.39 is 11.9 Å². The highest BCUT2D eigenvalue weighted by Crippen LogP contribution is 2.26. The third kappa shape index (κ3) is 3.25. The van der Waals surface area contributed by atoms with E-state index in [1.807, 2.05) is 0 Å². The molecule has 7 nitrogen and oxygen atoms in total. The van der Waals surface area contributed by atoms with Crippen LogP contribution in [0.1, 0.15) is 34.7 Å². The molecule has 0 spiro atoms. The first-order valence-electron chi connectivity index (χ1n) is 6.63. The zero-order chi connectivity index (χ0) is 16.1. The van der Waals surface area contributed by atoms with Gasteiger partial charge in [-0.25, -0.2) is 9.59 Å². The van der Waals surface area contributed by atoms with Gasteiger partial charge in [0.05, 0.1) is 23.8 Å². The van der Waals surface area contributed by atoms with E-state index in [0.29, 0.717) is 11.3 Å². The standard InChI is InChI=1S/C14H14ClN3O4/c1-3-21-13(19)9-6-5-8(7-10(9)15)11-12(17-18-16-11)14(20)22-4-2/h5-7H,3-4H2,1-2H3,(H,16,17,18). The lowest BCUT2D eigenvalue weighted by Crippen LogP contribution is -2.07. The average Bonchev–Trinajstić information content (AvgIpc) is 2.97. The fraction of sp³-hybridized carbons (Fsp3) is 0.286. The molecule has 0 fully saturated rings. The molecule has 116 valence electrons. The van der Waals surface area contributed by atoms with Crippen LogP contribution in [0.25, 0.3) is 11.3 Å². The van der Waals surface area contributed by atoms with E-state index >= 15 is 0 Å². The molecule has 0 atom stereocenters.